The van der Waals surface area contributed by atoms with Gasteiger partial charge in [-0.05, 0) is 26.8 Å². The van der Waals surface area contributed by atoms with E-state index in [1.807, 2.05) is 6.92 Å². The van der Waals surface area contributed by atoms with E-state index in [9.17, 15) is 5.11 Å². The molecule has 24 heavy (non-hydrogen) atoms. The summed E-state index contributed by atoms with van der Waals surface area (Å²) < 4.78 is 0. The van der Waals surface area contributed by atoms with E-state index in [4.69, 9.17) is 0 Å². The van der Waals surface area contributed by atoms with Crippen molar-refractivity contribution >= 4 is 0 Å². The molecule has 0 aromatic heterocycles. The highest BCUT2D eigenvalue weighted by molar-refractivity contribution is 4.65. The predicted molar refractivity (Wildman–Crippen MR) is 109 cm³/mol. The Morgan fingerprint density at radius 2 is 0.917 bits per heavy atom. The summed E-state index contributed by atoms with van der Waals surface area (Å²) in [5, 5.41) is 12.8. The van der Waals surface area contributed by atoms with Gasteiger partial charge in [-0.1, -0.05) is 103 Å². The molecule has 0 aliphatic heterocycles. The number of unbranched alkanes of at least 4 members (excludes halogenated alkanes) is 15. The lowest BCUT2D eigenvalue weighted by molar-refractivity contribution is 0.152. The Bertz CT molecular complexity index is 230. The highest BCUT2D eigenvalue weighted by atomic mass is 16.3. The maximum atomic E-state index is 9.39. The molecule has 2 nitrogen and oxygen atoms in total. The SMILES string of the molecule is CCCCCCCCCCCCCCCCCCNC(C)C(C)O. The zero-order valence-corrected chi connectivity index (χ0v) is 17.1. The maximum Gasteiger partial charge on any atom is 0.0662 e. The topological polar surface area (TPSA) is 32.3 Å². The second-order valence-electron chi connectivity index (χ2n) is 7.79. The quantitative estimate of drug-likeness (QED) is 0.259. The molecule has 146 valence electrons. The van der Waals surface area contributed by atoms with Crippen molar-refractivity contribution in [3.63, 3.8) is 0 Å². The highest BCUT2D eigenvalue weighted by Gasteiger charge is 2.06. The van der Waals surface area contributed by atoms with Crippen molar-refractivity contribution < 1.29 is 5.11 Å². The van der Waals surface area contributed by atoms with Gasteiger partial charge in [0, 0.05) is 6.04 Å². The number of hydrogen-bond acceptors (Lipinski definition) is 2. The van der Waals surface area contributed by atoms with Gasteiger partial charge in [-0.2, -0.15) is 0 Å². The molecule has 0 amide bonds. The van der Waals surface area contributed by atoms with Crippen molar-refractivity contribution in [2.24, 2.45) is 0 Å². The van der Waals surface area contributed by atoms with E-state index in [1.54, 1.807) is 0 Å². The van der Waals surface area contributed by atoms with Crippen LogP contribution in [0.3, 0.4) is 0 Å². The zero-order chi connectivity index (χ0) is 17.9. The second-order valence-corrected chi connectivity index (χ2v) is 7.79. The standard InChI is InChI=1S/C22H47NO/c1-4-5-6-7-8-9-10-11-12-13-14-15-16-17-18-19-20-23-21(2)22(3)24/h21-24H,4-20H2,1-3H3. The van der Waals surface area contributed by atoms with E-state index < -0.39 is 0 Å². The van der Waals surface area contributed by atoms with Crippen LogP contribution in [0.1, 0.15) is 124 Å². The average Bonchev–Trinajstić information content (AvgIpc) is 2.57. The first-order valence-electron chi connectivity index (χ1n) is 11.1. The van der Waals surface area contributed by atoms with Crippen molar-refractivity contribution in [2.75, 3.05) is 6.54 Å². The van der Waals surface area contributed by atoms with E-state index in [-0.39, 0.29) is 12.1 Å². The molecule has 2 heteroatoms. The number of rotatable bonds is 19. The van der Waals surface area contributed by atoms with Gasteiger partial charge < -0.3 is 10.4 Å². The highest BCUT2D eigenvalue weighted by Crippen LogP contribution is 2.13. The van der Waals surface area contributed by atoms with Crippen molar-refractivity contribution in [2.45, 2.75) is 136 Å². The molecule has 0 saturated heterocycles. The smallest absolute Gasteiger partial charge is 0.0662 e. The Hall–Kier alpha value is -0.0800. The van der Waals surface area contributed by atoms with Gasteiger partial charge in [0.1, 0.15) is 0 Å². The molecular formula is C22H47NO. The first-order valence-corrected chi connectivity index (χ1v) is 11.1. The molecule has 0 heterocycles. The van der Waals surface area contributed by atoms with Crippen LogP contribution in [-0.4, -0.2) is 23.8 Å². The van der Waals surface area contributed by atoms with E-state index in [1.165, 1.54) is 103 Å². The molecular weight excluding hydrogens is 294 g/mol. The van der Waals surface area contributed by atoms with Crippen LogP contribution in [0.25, 0.3) is 0 Å². The van der Waals surface area contributed by atoms with Crippen molar-refractivity contribution in [3.8, 4) is 0 Å². The molecule has 2 unspecified atom stereocenters. The van der Waals surface area contributed by atoms with Gasteiger partial charge >= 0.3 is 0 Å². The molecule has 2 atom stereocenters. The average molecular weight is 342 g/mol. The predicted octanol–water partition coefficient (Wildman–Crippen LogP) is 6.61. The Kier molecular flexibility index (Phi) is 19.2. The first-order chi connectivity index (χ1) is 11.7. The molecule has 0 aromatic rings. The van der Waals surface area contributed by atoms with Crippen LogP contribution in [0.2, 0.25) is 0 Å². The number of nitrogens with one attached hydrogen (secondary N) is 1. The third-order valence-electron chi connectivity index (χ3n) is 5.22. The number of aliphatic hydroxyl groups excluding tert-OH is 1. The first kappa shape index (κ1) is 23.9. The summed E-state index contributed by atoms with van der Waals surface area (Å²) in [6.45, 7) is 7.24. The minimum atomic E-state index is -0.244. The lowest BCUT2D eigenvalue weighted by atomic mass is 10.0. The van der Waals surface area contributed by atoms with Crippen molar-refractivity contribution in [1.82, 2.24) is 5.32 Å². The van der Waals surface area contributed by atoms with Gasteiger partial charge in [0.15, 0.2) is 0 Å². The summed E-state index contributed by atoms with van der Waals surface area (Å²) >= 11 is 0. The fourth-order valence-electron chi connectivity index (χ4n) is 3.17. The summed E-state index contributed by atoms with van der Waals surface area (Å²) in [4.78, 5) is 0. The van der Waals surface area contributed by atoms with Gasteiger partial charge in [0.2, 0.25) is 0 Å². The van der Waals surface area contributed by atoms with Crippen LogP contribution < -0.4 is 5.32 Å². The monoisotopic (exact) mass is 341 g/mol. The van der Waals surface area contributed by atoms with E-state index >= 15 is 0 Å². The second kappa shape index (κ2) is 19.2. The van der Waals surface area contributed by atoms with Gasteiger partial charge in [-0.25, -0.2) is 0 Å². The van der Waals surface area contributed by atoms with Crippen LogP contribution in [0, 0.1) is 0 Å². The largest absolute Gasteiger partial charge is 0.392 e. The Morgan fingerprint density at radius 1 is 0.583 bits per heavy atom. The van der Waals surface area contributed by atoms with Crippen LogP contribution in [0.5, 0.6) is 0 Å². The molecule has 2 N–H and O–H groups in total. The molecule has 0 fully saturated rings. The minimum absolute atomic E-state index is 0.223. The zero-order valence-electron chi connectivity index (χ0n) is 17.1. The van der Waals surface area contributed by atoms with Crippen molar-refractivity contribution in [1.29, 1.82) is 0 Å². The van der Waals surface area contributed by atoms with Crippen LogP contribution in [0.15, 0.2) is 0 Å². The van der Waals surface area contributed by atoms with Gasteiger partial charge in [0.05, 0.1) is 6.10 Å². The molecule has 0 aromatic carbocycles. The molecule has 0 aliphatic rings. The number of hydrogen-bond donors (Lipinski definition) is 2. The lowest BCUT2D eigenvalue weighted by Crippen LogP contribution is -2.35. The fourth-order valence-corrected chi connectivity index (χ4v) is 3.17. The van der Waals surface area contributed by atoms with Crippen LogP contribution in [-0.2, 0) is 0 Å². The number of aliphatic hydroxyl groups is 1. The van der Waals surface area contributed by atoms with Gasteiger partial charge in [-0.15, -0.1) is 0 Å². The lowest BCUT2D eigenvalue weighted by Gasteiger charge is -2.16. The molecule has 0 rings (SSSR count). The summed E-state index contributed by atoms with van der Waals surface area (Å²) in [5.74, 6) is 0. The maximum absolute atomic E-state index is 9.39. The Morgan fingerprint density at radius 3 is 1.25 bits per heavy atom. The van der Waals surface area contributed by atoms with E-state index in [0.717, 1.165) is 6.54 Å². The Balaban J connectivity index is 3.03. The molecule has 0 bridgehead atoms. The van der Waals surface area contributed by atoms with Gasteiger partial charge in [-0.3, -0.25) is 0 Å². The minimum Gasteiger partial charge on any atom is -0.392 e. The molecule has 0 spiro atoms. The molecule has 0 radical (unpaired) electrons. The Labute approximate surface area is 153 Å². The van der Waals surface area contributed by atoms with Crippen LogP contribution >= 0.6 is 0 Å². The third-order valence-corrected chi connectivity index (χ3v) is 5.22. The van der Waals surface area contributed by atoms with E-state index in [2.05, 4.69) is 19.2 Å². The fraction of sp³-hybridized carbons (Fsp3) is 1.00. The summed E-state index contributed by atoms with van der Waals surface area (Å²) in [6.07, 6.45) is 22.4. The third kappa shape index (κ3) is 18.3. The summed E-state index contributed by atoms with van der Waals surface area (Å²) in [5.41, 5.74) is 0. The van der Waals surface area contributed by atoms with Crippen LogP contribution in [0.4, 0.5) is 0 Å². The van der Waals surface area contributed by atoms with Gasteiger partial charge in [0.25, 0.3) is 0 Å². The molecule has 0 saturated carbocycles. The van der Waals surface area contributed by atoms with Crippen molar-refractivity contribution in [3.05, 3.63) is 0 Å². The molecule has 0 aliphatic carbocycles. The summed E-state index contributed by atoms with van der Waals surface area (Å²) in [6, 6.07) is 0.223. The van der Waals surface area contributed by atoms with E-state index in [0.29, 0.717) is 0 Å². The normalized spacial score (nSPS) is 14.0. The summed E-state index contributed by atoms with van der Waals surface area (Å²) in [7, 11) is 0.